The Kier molecular flexibility index (Phi) is 5.45. The second-order valence-corrected chi connectivity index (χ2v) is 11.3. The summed E-state index contributed by atoms with van der Waals surface area (Å²) >= 11 is 6.04. The minimum Gasteiger partial charge on any atom is -0.390 e. The quantitative estimate of drug-likeness (QED) is 0.695. The highest BCUT2D eigenvalue weighted by Gasteiger charge is 2.55. The fourth-order valence-corrected chi connectivity index (χ4v) is 7.32. The summed E-state index contributed by atoms with van der Waals surface area (Å²) < 4.78 is 0. The van der Waals surface area contributed by atoms with Crippen molar-refractivity contribution in [2.75, 3.05) is 29.4 Å². The molecule has 1 amide bonds. The Labute approximate surface area is 205 Å². The van der Waals surface area contributed by atoms with E-state index in [1.165, 1.54) is 0 Å². The van der Waals surface area contributed by atoms with Gasteiger partial charge in [0.15, 0.2) is 0 Å². The topological polar surface area (TPSA) is 81.6 Å². The van der Waals surface area contributed by atoms with E-state index < -0.39 is 5.60 Å². The van der Waals surface area contributed by atoms with Crippen LogP contribution in [0.15, 0.2) is 36.5 Å². The largest absolute Gasteiger partial charge is 0.390 e. The summed E-state index contributed by atoms with van der Waals surface area (Å²) in [5, 5.41) is 14.9. The smallest absolute Gasteiger partial charge is 0.270 e. The molecule has 5 aliphatic rings. The summed E-state index contributed by atoms with van der Waals surface area (Å²) in [5.41, 5.74) is 1.08. The molecule has 4 saturated carbocycles. The van der Waals surface area contributed by atoms with Gasteiger partial charge < -0.3 is 20.2 Å². The van der Waals surface area contributed by atoms with Gasteiger partial charge in [0.05, 0.1) is 5.60 Å². The molecule has 34 heavy (non-hydrogen) atoms. The van der Waals surface area contributed by atoms with E-state index in [1.807, 2.05) is 12.1 Å². The number of hydrogen-bond acceptors (Lipinski definition) is 6. The molecule has 3 atom stereocenters. The van der Waals surface area contributed by atoms with Gasteiger partial charge in [0.1, 0.15) is 5.69 Å². The van der Waals surface area contributed by atoms with Crippen LogP contribution in [0.1, 0.15) is 49.5 Å². The number of nitrogens with zero attached hydrogens (tertiary/aromatic N) is 4. The van der Waals surface area contributed by atoms with Crippen molar-refractivity contribution < 1.29 is 9.90 Å². The van der Waals surface area contributed by atoms with Crippen LogP contribution in [0.2, 0.25) is 5.02 Å². The number of amides is 1. The first-order valence-electron chi connectivity index (χ1n) is 12.5. The van der Waals surface area contributed by atoms with Crippen molar-refractivity contribution >= 4 is 29.1 Å². The molecular weight excluding hydrogens is 450 g/mol. The van der Waals surface area contributed by atoms with Crippen LogP contribution in [0, 0.1) is 17.8 Å². The summed E-state index contributed by atoms with van der Waals surface area (Å²) in [4.78, 5) is 26.9. The van der Waals surface area contributed by atoms with Crippen LogP contribution >= 0.6 is 11.6 Å². The predicted molar refractivity (Wildman–Crippen MR) is 132 cm³/mol. The van der Waals surface area contributed by atoms with Crippen LogP contribution in [0.3, 0.4) is 0 Å². The number of nitrogens with one attached hydrogen (secondary N) is 1. The zero-order valence-corrected chi connectivity index (χ0v) is 20.3. The monoisotopic (exact) mass is 481 g/mol. The maximum atomic E-state index is 13.2. The molecule has 4 aliphatic carbocycles. The molecule has 0 radical (unpaired) electrons. The van der Waals surface area contributed by atoms with Crippen molar-refractivity contribution in [2.24, 2.45) is 17.8 Å². The van der Waals surface area contributed by atoms with Gasteiger partial charge in [0.2, 0.25) is 5.95 Å². The third-order valence-electron chi connectivity index (χ3n) is 8.49. The summed E-state index contributed by atoms with van der Waals surface area (Å²) in [7, 11) is 0. The van der Waals surface area contributed by atoms with Crippen molar-refractivity contribution in [1.29, 1.82) is 0 Å². The molecule has 7 nitrogen and oxygen atoms in total. The summed E-state index contributed by atoms with van der Waals surface area (Å²) in [5.74, 6) is 1.86. The maximum absolute atomic E-state index is 13.2. The van der Waals surface area contributed by atoms with E-state index in [0.29, 0.717) is 29.4 Å². The van der Waals surface area contributed by atoms with Crippen LogP contribution in [-0.2, 0) is 0 Å². The van der Waals surface area contributed by atoms with Crippen LogP contribution in [0.25, 0.3) is 0 Å². The highest BCUT2D eigenvalue weighted by molar-refractivity contribution is 6.30. The van der Waals surface area contributed by atoms with Crippen molar-refractivity contribution in [2.45, 2.75) is 56.7 Å². The Morgan fingerprint density at radius 2 is 1.85 bits per heavy atom. The van der Waals surface area contributed by atoms with E-state index in [4.69, 9.17) is 11.6 Å². The minimum atomic E-state index is -0.496. The molecule has 4 bridgehead atoms. The molecule has 2 aromatic rings. The number of carbonyl (C=O) groups is 1. The molecule has 1 aromatic heterocycles. The predicted octanol–water partition coefficient (Wildman–Crippen LogP) is 3.51. The van der Waals surface area contributed by atoms with Crippen molar-refractivity contribution in [3.05, 3.63) is 47.2 Å². The van der Waals surface area contributed by atoms with Crippen molar-refractivity contribution in [3.63, 3.8) is 0 Å². The molecule has 0 spiro atoms. The fraction of sp³-hybridized carbons (Fsp3) is 0.577. The van der Waals surface area contributed by atoms with E-state index in [-0.39, 0.29) is 18.0 Å². The van der Waals surface area contributed by atoms with Gasteiger partial charge in [-0.25, -0.2) is 9.97 Å². The van der Waals surface area contributed by atoms with E-state index in [2.05, 4.69) is 44.1 Å². The maximum Gasteiger partial charge on any atom is 0.270 e. The van der Waals surface area contributed by atoms with Gasteiger partial charge in [-0.2, -0.15) is 0 Å². The van der Waals surface area contributed by atoms with Gasteiger partial charge in [-0.05, 0) is 87.1 Å². The average molecular weight is 482 g/mol. The van der Waals surface area contributed by atoms with E-state index in [0.717, 1.165) is 62.4 Å². The van der Waals surface area contributed by atoms with E-state index in [9.17, 15) is 9.90 Å². The number of rotatable bonds is 4. The lowest BCUT2D eigenvalue weighted by atomic mass is 9.52. The Balaban J connectivity index is 1.13. The molecular formula is C26H32ClN5O2. The number of piperazine rings is 1. The second-order valence-electron chi connectivity index (χ2n) is 10.9. The lowest BCUT2D eigenvalue weighted by molar-refractivity contribution is -0.136. The molecule has 1 saturated heterocycles. The molecule has 5 fully saturated rings. The molecule has 2 unspecified atom stereocenters. The van der Waals surface area contributed by atoms with Crippen LogP contribution < -0.4 is 15.1 Å². The Bertz CT molecular complexity index is 1060. The molecule has 1 aliphatic heterocycles. The Hall–Kier alpha value is -2.38. The highest BCUT2D eigenvalue weighted by atomic mass is 35.5. The molecule has 2 N–H and O–H groups in total. The third kappa shape index (κ3) is 4.03. The second kappa shape index (κ2) is 8.38. The number of anilines is 2. The van der Waals surface area contributed by atoms with Crippen molar-refractivity contribution in [3.8, 4) is 0 Å². The molecule has 1 aromatic carbocycles. The average Bonchev–Trinajstić information content (AvgIpc) is 2.81. The van der Waals surface area contributed by atoms with Crippen molar-refractivity contribution in [1.82, 2.24) is 15.3 Å². The standard InChI is InChI=1S/C26H32ClN5O2/c1-16-15-31(21-4-2-20(27)3-5-21)8-9-32(16)25-28-7-6-22(29-25)24(33)30-23-18-10-17-11-19(23)14-26(34,12-17)13-18/h2-7,16-19,23,34H,8-15H2,1H3,(H,30,33)/t16-,17?,18?,19?,23?,26?/m1/s1. The molecule has 2 heterocycles. The normalized spacial score (nSPS) is 34.4. The molecule has 7 rings (SSSR count). The van der Waals surface area contributed by atoms with Crippen LogP contribution in [0.4, 0.5) is 11.6 Å². The number of benzene rings is 1. The first-order valence-corrected chi connectivity index (χ1v) is 12.9. The highest BCUT2D eigenvalue weighted by Crippen LogP contribution is 2.55. The van der Waals surface area contributed by atoms with Gasteiger partial charge in [-0.15, -0.1) is 0 Å². The van der Waals surface area contributed by atoms with Gasteiger partial charge in [-0.3, -0.25) is 4.79 Å². The molecule has 8 heteroatoms. The zero-order chi connectivity index (χ0) is 23.4. The Morgan fingerprint density at radius 1 is 1.12 bits per heavy atom. The number of carbonyl (C=O) groups excluding carboxylic acids is 1. The minimum absolute atomic E-state index is 0.124. The Morgan fingerprint density at radius 3 is 2.53 bits per heavy atom. The number of hydrogen-bond donors (Lipinski definition) is 2. The third-order valence-corrected chi connectivity index (χ3v) is 8.74. The number of aliphatic hydroxyl groups is 1. The fourth-order valence-electron chi connectivity index (χ4n) is 7.20. The summed E-state index contributed by atoms with van der Waals surface area (Å²) in [6.45, 7) is 4.64. The summed E-state index contributed by atoms with van der Waals surface area (Å²) in [6, 6.07) is 9.99. The lowest BCUT2D eigenvalue weighted by Crippen LogP contribution is -2.61. The zero-order valence-electron chi connectivity index (χ0n) is 19.5. The van der Waals surface area contributed by atoms with Gasteiger partial charge in [-0.1, -0.05) is 11.6 Å². The van der Waals surface area contributed by atoms with Gasteiger partial charge >= 0.3 is 0 Å². The first kappa shape index (κ1) is 22.1. The first-order chi connectivity index (χ1) is 16.4. The van der Waals surface area contributed by atoms with Crippen LogP contribution in [-0.4, -0.2) is 58.3 Å². The van der Waals surface area contributed by atoms with Crippen LogP contribution in [0.5, 0.6) is 0 Å². The van der Waals surface area contributed by atoms with E-state index >= 15 is 0 Å². The number of aromatic nitrogens is 2. The summed E-state index contributed by atoms with van der Waals surface area (Å²) in [6.07, 6.45) is 6.50. The van der Waals surface area contributed by atoms with Gasteiger partial charge in [0, 0.05) is 48.6 Å². The lowest BCUT2D eigenvalue weighted by Gasteiger charge is -2.58. The molecule has 180 valence electrons. The SMILES string of the molecule is C[C@@H]1CN(c2ccc(Cl)cc2)CCN1c1nccc(C(=O)NC2C3CC4CC2CC(O)(C4)C3)n1. The van der Waals surface area contributed by atoms with Gasteiger partial charge in [0.25, 0.3) is 5.91 Å². The number of halogens is 1. The van der Waals surface area contributed by atoms with E-state index in [1.54, 1.807) is 12.3 Å².